The quantitative estimate of drug-likeness (QED) is 0.185. The van der Waals surface area contributed by atoms with E-state index in [-0.39, 0.29) is 50.9 Å². The number of carbonyl (C=O) groups excluding carboxylic acids is 4. The van der Waals surface area contributed by atoms with Gasteiger partial charge in [0.1, 0.15) is 19.3 Å². The molecule has 1 aromatic rings. The fourth-order valence-corrected chi connectivity index (χ4v) is 3.44. The summed E-state index contributed by atoms with van der Waals surface area (Å²) in [6.45, 7) is 14.3. The highest BCUT2D eigenvalue weighted by molar-refractivity contribution is 5.86. The maximum absolute atomic E-state index is 13.1. The lowest BCUT2D eigenvalue weighted by atomic mass is 9.86. The van der Waals surface area contributed by atoms with Crippen molar-refractivity contribution < 1.29 is 33.8 Å². The molecule has 0 aliphatic heterocycles. The Balaban J connectivity index is 2.79. The number of amides is 3. The largest absolute Gasteiger partial charge is 0.462 e. The van der Waals surface area contributed by atoms with Crippen LogP contribution < -0.4 is 16.0 Å². The Kier molecular flexibility index (Phi) is 14.6. The lowest BCUT2D eigenvalue weighted by Crippen LogP contribution is -2.50. The van der Waals surface area contributed by atoms with Gasteiger partial charge in [-0.3, -0.25) is 9.59 Å². The molecule has 0 fully saturated rings. The summed E-state index contributed by atoms with van der Waals surface area (Å²) in [5, 5.41) is 17.2. The topological polar surface area (TPSA) is 143 Å². The molecule has 0 heterocycles. The Labute approximate surface area is 231 Å². The molecule has 0 aromatic heterocycles. The third-order valence-electron chi connectivity index (χ3n) is 5.88. The number of benzene rings is 1. The average Bonchev–Trinajstić information content (AvgIpc) is 2.88. The molecular formula is C29H43N3O7. The van der Waals surface area contributed by atoms with E-state index in [0.717, 1.165) is 5.56 Å². The van der Waals surface area contributed by atoms with Gasteiger partial charge in [-0.05, 0) is 30.7 Å². The first kappa shape index (κ1) is 33.4. The summed E-state index contributed by atoms with van der Waals surface area (Å²) in [6, 6.07) is 7.08. The number of hydrogen-bond donors (Lipinski definition) is 4. The first-order valence-electron chi connectivity index (χ1n) is 13.0. The molecule has 4 unspecified atom stereocenters. The van der Waals surface area contributed by atoms with E-state index in [9.17, 15) is 19.2 Å². The number of nitrogens with one attached hydrogen (secondary N) is 3. The molecule has 4 N–H and O–H groups in total. The maximum atomic E-state index is 13.1. The van der Waals surface area contributed by atoms with Gasteiger partial charge in [-0.15, -0.1) is 13.2 Å². The van der Waals surface area contributed by atoms with E-state index < -0.39 is 41.5 Å². The van der Waals surface area contributed by atoms with Crippen LogP contribution in [0.4, 0.5) is 4.79 Å². The van der Waals surface area contributed by atoms with E-state index in [1.165, 1.54) is 6.08 Å². The average molecular weight is 546 g/mol. The van der Waals surface area contributed by atoms with Crippen molar-refractivity contribution in [3.63, 3.8) is 0 Å². The minimum Gasteiger partial charge on any atom is -0.462 e. The minimum atomic E-state index is -1.02. The predicted octanol–water partition coefficient (Wildman–Crippen LogP) is 3.01. The lowest BCUT2D eigenvalue weighted by Gasteiger charge is -2.32. The van der Waals surface area contributed by atoms with E-state index in [4.69, 9.17) is 14.6 Å². The Morgan fingerprint density at radius 1 is 0.974 bits per heavy atom. The summed E-state index contributed by atoms with van der Waals surface area (Å²) >= 11 is 0. The zero-order valence-electron chi connectivity index (χ0n) is 23.4. The molecule has 0 radical (unpaired) electrons. The number of esters is 1. The van der Waals surface area contributed by atoms with Crippen LogP contribution in [0.3, 0.4) is 0 Å². The zero-order valence-corrected chi connectivity index (χ0v) is 23.4. The molecule has 0 saturated heterocycles. The van der Waals surface area contributed by atoms with Crippen molar-refractivity contribution in [1.82, 2.24) is 16.0 Å². The van der Waals surface area contributed by atoms with Crippen LogP contribution in [0.15, 0.2) is 55.6 Å². The number of aliphatic hydroxyl groups is 1. The van der Waals surface area contributed by atoms with E-state index >= 15 is 0 Å². The number of allylic oxidation sites excluding steroid dienone is 1. The Hall–Kier alpha value is -3.66. The van der Waals surface area contributed by atoms with Gasteiger partial charge in [0.15, 0.2) is 0 Å². The normalized spacial score (nSPS) is 14.1. The first-order chi connectivity index (χ1) is 18.4. The van der Waals surface area contributed by atoms with Gasteiger partial charge in [-0.2, -0.15) is 0 Å². The highest BCUT2D eigenvalue weighted by Gasteiger charge is 2.32. The summed E-state index contributed by atoms with van der Waals surface area (Å²) in [7, 11) is 0. The molecule has 3 amide bonds. The van der Waals surface area contributed by atoms with Gasteiger partial charge in [0.2, 0.25) is 11.8 Å². The van der Waals surface area contributed by atoms with Crippen LogP contribution in [0.1, 0.15) is 52.5 Å². The van der Waals surface area contributed by atoms with Gasteiger partial charge >= 0.3 is 12.1 Å². The van der Waals surface area contributed by atoms with Crippen molar-refractivity contribution >= 4 is 23.9 Å². The van der Waals surface area contributed by atoms with Crippen LogP contribution in [-0.4, -0.2) is 60.3 Å². The van der Waals surface area contributed by atoms with Crippen molar-refractivity contribution in [1.29, 1.82) is 0 Å². The Morgan fingerprint density at radius 2 is 1.62 bits per heavy atom. The molecular weight excluding hydrogens is 502 g/mol. The van der Waals surface area contributed by atoms with E-state index in [1.54, 1.807) is 13.0 Å². The lowest BCUT2D eigenvalue weighted by molar-refractivity contribution is -0.148. The van der Waals surface area contributed by atoms with E-state index in [0.29, 0.717) is 0 Å². The van der Waals surface area contributed by atoms with Crippen LogP contribution in [0, 0.1) is 11.3 Å². The number of aliphatic hydroxyl groups excluding tert-OH is 1. The predicted molar refractivity (Wildman–Crippen MR) is 148 cm³/mol. The van der Waals surface area contributed by atoms with Crippen LogP contribution >= 0.6 is 0 Å². The molecule has 0 bridgehead atoms. The standard InChI is InChI=1S/C29H43N3O7/c1-7-12-22(16-25(34)30-20(3)17-33)26(35)32-24(29(4,5)6)19-38-27(36)23(13-8-2)31-28(37)39-18-21-14-10-9-11-15-21/h7-11,14-15,20,22-24,33H,1-2,12-13,16-19H2,3-6H3,(H,30,34)(H,31,37)(H,32,35). The van der Waals surface area contributed by atoms with Crippen LogP contribution in [-0.2, 0) is 30.5 Å². The third kappa shape index (κ3) is 13.1. The monoisotopic (exact) mass is 545 g/mol. The fourth-order valence-electron chi connectivity index (χ4n) is 3.44. The SMILES string of the molecule is C=CCC(CC(=O)NC(C)CO)C(=O)NC(COC(=O)C(CC=C)NC(=O)OCc1ccccc1)C(C)(C)C. The molecule has 39 heavy (non-hydrogen) atoms. The fraction of sp³-hybridized carbons (Fsp3) is 0.517. The minimum absolute atomic E-state index is 0.0451. The van der Waals surface area contributed by atoms with Crippen molar-refractivity contribution in [3.8, 4) is 0 Å². The van der Waals surface area contributed by atoms with Gasteiger partial charge in [0.25, 0.3) is 0 Å². The summed E-state index contributed by atoms with van der Waals surface area (Å²) in [4.78, 5) is 50.5. The molecule has 216 valence electrons. The Morgan fingerprint density at radius 3 is 2.18 bits per heavy atom. The van der Waals surface area contributed by atoms with E-state index in [2.05, 4.69) is 29.1 Å². The molecule has 0 spiro atoms. The number of carbonyl (C=O) groups is 4. The second-order valence-corrected chi connectivity index (χ2v) is 10.4. The second kappa shape index (κ2) is 17.0. The summed E-state index contributed by atoms with van der Waals surface area (Å²) < 4.78 is 10.7. The molecule has 0 aliphatic rings. The molecule has 0 aliphatic carbocycles. The highest BCUT2D eigenvalue weighted by atomic mass is 16.6. The van der Waals surface area contributed by atoms with Crippen LogP contribution in [0.5, 0.6) is 0 Å². The Bertz CT molecular complexity index is 959. The van der Waals surface area contributed by atoms with Gasteiger partial charge in [-0.1, -0.05) is 63.3 Å². The van der Waals surface area contributed by atoms with Crippen LogP contribution in [0.2, 0.25) is 0 Å². The smallest absolute Gasteiger partial charge is 0.408 e. The molecule has 10 nitrogen and oxygen atoms in total. The molecule has 1 aromatic carbocycles. The van der Waals surface area contributed by atoms with E-state index in [1.807, 2.05) is 51.1 Å². The molecule has 1 rings (SSSR count). The van der Waals surface area contributed by atoms with Gasteiger partial charge < -0.3 is 30.5 Å². The zero-order chi connectivity index (χ0) is 29.4. The number of alkyl carbamates (subject to hydrolysis) is 1. The van der Waals surface area contributed by atoms with Crippen molar-refractivity contribution in [3.05, 3.63) is 61.2 Å². The van der Waals surface area contributed by atoms with Gasteiger partial charge in [-0.25, -0.2) is 9.59 Å². The number of hydrogen-bond acceptors (Lipinski definition) is 7. The summed E-state index contributed by atoms with van der Waals surface area (Å²) in [5.74, 6) is -2.14. The van der Waals surface area contributed by atoms with Crippen LogP contribution in [0.25, 0.3) is 0 Å². The maximum Gasteiger partial charge on any atom is 0.408 e. The summed E-state index contributed by atoms with van der Waals surface area (Å²) in [5.41, 5.74) is 0.299. The number of rotatable bonds is 16. The van der Waals surface area contributed by atoms with Gasteiger partial charge in [0.05, 0.1) is 18.6 Å². The van der Waals surface area contributed by atoms with Crippen molar-refractivity contribution in [2.24, 2.45) is 11.3 Å². The molecule has 10 heteroatoms. The van der Waals surface area contributed by atoms with Crippen molar-refractivity contribution in [2.45, 2.75) is 71.7 Å². The number of ether oxygens (including phenoxy) is 2. The van der Waals surface area contributed by atoms with Crippen molar-refractivity contribution in [2.75, 3.05) is 13.2 Å². The first-order valence-corrected chi connectivity index (χ1v) is 13.0. The third-order valence-corrected chi connectivity index (χ3v) is 5.88. The summed E-state index contributed by atoms with van der Waals surface area (Å²) in [6.07, 6.45) is 2.56. The highest BCUT2D eigenvalue weighted by Crippen LogP contribution is 2.21. The van der Waals surface area contributed by atoms with Gasteiger partial charge in [0, 0.05) is 12.5 Å². The molecule has 4 atom stereocenters. The second-order valence-electron chi connectivity index (χ2n) is 10.4. The molecule has 0 saturated carbocycles.